The van der Waals surface area contributed by atoms with Crippen LogP contribution in [0.5, 0.6) is 0 Å². The molecular formula is C18H16FN5O. The third-order valence-corrected chi connectivity index (χ3v) is 5.18. The number of carbonyl (C=O) groups excluding carboxylic acids is 1. The summed E-state index contributed by atoms with van der Waals surface area (Å²) in [6, 6.07) is 4.74. The third-order valence-electron chi connectivity index (χ3n) is 5.18. The molecule has 0 spiro atoms. The van der Waals surface area contributed by atoms with Crippen LogP contribution in [-0.4, -0.2) is 25.7 Å². The molecule has 25 heavy (non-hydrogen) atoms. The summed E-state index contributed by atoms with van der Waals surface area (Å²) in [7, 11) is 0. The summed E-state index contributed by atoms with van der Waals surface area (Å²) in [4.78, 5) is 21.2. The summed E-state index contributed by atoms with van der Waals surface area (Å²) in [5, 5.41) is 8.13. The second kappa shape index (κ2) is 5.34. The highest BCUT2D eigenvalue weighted by molar-refractivity contribution is 6.06. The van der Waals surface area contributed by atoms with Crippen molar-refractivity contribution in [3.8, 4) is 0 Å². The highest BCUT2D eigenvalue weighted by atomic mass is 19.1. The molecule has 1 aromatic carbocycles. The number of hydrogen-bond donors (Lipinski definition) is 1. The molecule has 1 aliphatic carbocycles. The molecule has 2 aliphatic rings. The number of anilines is 1. The molecule has 1 aliphatic heterocycles. The fourth-order valence-electron chi connectivity index (χ4n) is 3.97. The summed E-state index contributed by atoms with van der Waals surface area (Å²) in [6.45, 7) is 0. The lowest BCUT2D eigenvalue weighted by Gasteiger charge is -2.09. The molecule has 0 saturated heterocycles. The number of nitrogens with zero attached hydrogens (tertiary/aromatic N) is 4. The van der Waals surface area contributed by atoms with Crippen molar-refractivity contribution in [1.82, 2.24) is 19.7 Å². The van der Waals surface area contributed by atoms with E-state index in [-0.39, 0.29) is 11.7 Å². The van der Waals surface area contributed by atoms with E-state index >= 15 is 0 Å². The first-order valence-electron chi connectivity index (χ1n) is 8.51. The number of aromatic nitrogens is 4. The van der Waals surface area contributed by atoms with Gasteiger partial charge in [0.15, 0.2) is 5.65 Å². The fourth-order valence-corrected chi connectivity index (χ4v) is 3.97. The van der Waals surface area contributed by atoms with Gasteiger partial charge in [-0.1, -0.05) is 18.9 Å². The van der Waals surface area contributed by atoms with Crippen LogP contribution >= 0.6 is 0 Å². The van der Waals surface area contributed by atoms with E-state index in [1.165, 1.54) is 31.3 Å². The Hall–Kier alpha value is -2.83. The van der Waals surface area contributed by atoms with Crippen LogP contribution in [0.4, 0.5) is 10.1 Å². The van der Waals surface area contributed by atoms with Gasteiger partial charge in [0.1, 0.15) is 18.1 Å². The van der Waals surface area contributed by atoms with Crippen LogP contribution in [0.15, 0.2) is 30.7 Å². The topological polar surface area (TPSA) is 72.7 Å². The number of hydrogen-bond acceptors (Lipinski definition) is 4. The lowest BCUT2D eigenvalue weighted by atomic mass is 9.95. The molecule has 1 unspecified atom stereocenters. The van der Waals surface area contributed by atoms with Gasteiger partial charge in [-0.3, -0.25) is 9.48 Å². The molecule has 5 rings (SSSR count). The number of halogens is 1. The van der Waals surface area contributed by atoms with Gasteiger partial charge in [0.05, 0.1) is 17.1 Å². The summed E-state index contributed by atoms with van der Waals surface area (Å²) < 4.78 is 15.4. The van der Waals surface area contributed by atoms with Gasteiger partial charge in [-0.05, 0) is 30.5 Å². The van der Waals surface area contributed by atoms with Crippen molar-refractivity contribution < 1.29 is 9.18 Å². The smallest absolute Gasteiger partial charge is 0.238 e. The number of carbonyl (C=O) groups is 1. The minimum atomic E-state index is -0.567. The van der Waals surface area contributed by atoms with Crippen LogP contribution < -0.4 is 5.32 Å². The van der Waals surface area contributed by atoms with E-state index in [2.05, 4.69) is 20.4 Å². The monoisotopic (exact) mass is 337 g/mol. The van der Waals surface area contributed by atoms with Crippen molar-refractivity contribution in [2.24, 2.45) is 0 Å². The Morgan fingerprint density at radius 1 is 1.20 bits per heavy atom. The first kappa shape index (κ1) is 14.5. The van der Waals surface area contributed by atoms with Crippen LogP contribution in [0, 0.1) is 5.82 Å². The van der Waals surface area contributed by atoms with Gasteiger partial charge in [0.2, 0.25) is 5.91 Å². The first-order chi connectivity index (χ1) is 12.2. The molecule has 3 aromatic rings. The predicted molar refractivity (Wildman–Crippen MR) is 89.7 cm³/mol. The van der Waals surface area contributed by atoms with Crippen LogP contribution in [0.2, 0.25) is 0 Å². The maximum atomic E-state index is 13.5. The molecule has 7 heteroatoms. The molecule has 126 valence electrons. The molecule has 1 fully saturated rings. The van der Waals surface area contributed by atoms with E-state index in [1.54, 1.807) is 6.07 Å². The minimum absolute atomic E-state index is 0.200. The predicted octanol–water partition coefficient (Wildman–Crippen LogP) is 3.16. The van der Waals surface area contributed by atoms with E-state index in [1.807, 2.05) is 10.9 Å². The van der Waals surface area contributed by atoms with Gasteiger partial charge in [0, 0.05) is 11.9 Å². The first-order valence-corrected chi connectivity index (χ1v) is 8.51. The van der Waals surface area contributed by atoms with Gasteiger partial charge in [-0.15, -0.1) is 0 Å². The highest BCUT2D eigenvalue weighted by Crippen LogP contribution is 2.39. The fraction of sp³-hybridized carbons (Fsp3) is 0.333. The average molecular weight is 337 g/mol. The second-order valence-electron chi connectivity index (χ2n) is 6.70. The van der Waals surface area contributed by atoms with E-state index in [4.69, 9.17) is 0 Å². The summed E-state index contributed by atoms with van der Waals surface area (Å²) >= 11 is 0. The van der Waals surface area contributed by atoms with Crippen LogP contribution in [0.1, 0.15) is 48.9 Å². The Morgan fingerprint density at radius 2 is 2.04 bits per heavy atom. The summed E-state index contributed by atoms with van der Waals surface area (Å²) in [6.07, 6.45) is 8.05. The summed E-state index contributed by atoms with van der Waals surface area (Å²) in [5.74, 6) is -1.14. The van der Waals surface area contributed by atoms with Gasteiger partial charge in [-0.25, -0.2) is 14.4 Å². The van der Waals surface area contributed by atoms with Gasteiger partial charge < -0.3 is 5.32 Å². The number of nitrogens with one attached hydrogen (secondary N) is 1. The molecule has 0 bridgehead atoms. The van der Waals surface area contributed by atoms with Crippen LogP contribution in [0.3, 0.4) is 0 Å². The van der Waals surface area contributed by atoms with Crippen LogP contribution in [0.25, 0.3) is 11.0 Å². The maximum absolute atomic E-state index is 13.5. The lowest BCUT2D eigenvalue weighted by molar-refractivity contribution is -0.116. The number of fused-ring (bicyclic) bond motifs is 2. The van der Waals surface area contributed by atoms with E-state index < -0.39 is 5.92 Å². The molecule has 1 N–H and O–H groups in total. The number of amides is 1. The standard InChI is InChI=1S/C18H16FN5O/c19-10-5-6-12-14(7-10)22-18(25)15(12)16-13-8-24(11-3-1-2-4-11)23-17(13)21-9-20-16/h5-9,11,15H,1-4H2,(H,22,25). The molecule has 6 nitrogen and oxygen atoms in total. The van der Waals surface area contributed by atoms with Crippen molar-refractivity contribution >= 4 is 22.6 Å². The maximum Gasteiger partial charge on any atom is 0.238 e. The zero-order valence-electron chi connectivity index (χ0n) is 13.4. The Kier molecular flexibility index (Phi) is 3.10. The zero-order valence-corrected chi connectivity index (χ0v) is 13.4. The van der Waals surface area contributed by atoms with Crippen molar-refractivity contribution in [3.05, 3.63) is 47.8 Å². The largest absolute Gasteiger partial charge is 0.325 e. The summed E-state index contributed by atoms with van der Waals surface area (Å²) in [5.41, 5.74) is 2.46. The minimum Gasteiger partial charge on any atom is -0.325 e. The molecule has 1 atom stereocenters. The number of benzene rings is 1. The molecule has 2 aromatic heterocycles. The van der Waals surface area contributed by atoms with Crippen LogP contribution in [-0.2, 0) is 4.79 Å². The second-order valence-corrected chi connectivity index (χ2v) is 6.70. The number of rotatable bonds is 2. The van der Waals surface area contributed by atoms with E-state index in [9.17, 15) is 9.18 Å². The zero-order chi connectivity index (χ0) is 17.0. The van der Waals surface area contributed by atoms with Crippen molar-refractivity contribution in [2.45, 2.75) is 37.6 Å². The van der Waals surface area contributed by atoms with Crippen molar-refractivity contribution in [2.75, 3.05) is 5.32 Å². The average Bonchev–Trinajstić information content (AvgIpc) is 3.31. The Balaban J connectivity index is 1.65. The Morgan fingerprint density at radius 3 is 2.88 bits per heavy atom. The molecule has 1 amide bonds. The highest BCUT2D eigenvalue weighted by Gasteiger charge is 2.35. The molecule has 3 heterocycles. The lowest BCUT2D eigenvalue weighted by Crippen LogP contribution is -2.14. The SMILES string of the molecule is O=C1Nc2cc(F)ccc2C1c1ncnc2nn(C3CCCC3)cc12. The normalized spacial score (nSPS) is 20.2. The Bertz CT molecular complexity index is 992. The quantitative estimate of drug-likeness (QED) is 0.779. The Labute approximate surface area is 143 Å². The molecular weight excluding hydrogens is 321 g/mol. The van der Waals surface area contributed by atoms with Crippen molar-refractivity contribution in [1.29, 1.82) is 0 Å². The van der Waals surface area contributed by atoms with E-state index in [0.717, 1.165) is 23.8 Å². The van der Waals surface area contributed by atoms with Gasteiger partial charge in [0.25, 0.3) is 0 Å². The van der Waals surface area contributed by atoms with E-state index in [0.29, 0.717) is 23.1 Å². The van der Waals surface area contributed by atoms with Gasteiger partial charge >= 0.3 is 0 Å². The van der Waals surface area contributed by atoms with Gasteiger partial charge in [-0.2, -0.15) is 5.10 Å². The third kappa shape index (κ3) is 2.22. The molecule has 1 saturated carbocycles. The molecule has 0 radical (unpaired) electrons. The van der Waals surface area contributed by atoms with Crippen molar-refractivity contribution in [3.63, 3.8) is 0 Å².